The number of pyridine rings is 1. The van der Waals surface area contributed by atoms with Crippen LogP contribution < -0.4 is 4.89 Å². The predicted octanol–water partition coefficient (Wildman–Crippen LogP) is 2.62. The highest BCUT2D eigenvalue weighted by Gasteiger charge is 2.07. The molecule has 1 N–H and O–H groups in total. The fourth-order valence-electron chi connectivity index (χ4n) is 1.15. The Kier molecular flexibility index (Phi) is 3.25. The molecule has 0 aliphatic rings. The van der Waals surface area contributed by atoms with E-state index in [4.69, 9.17) is 5.26 Å². The highest BCUT2D eigenvalue weighted by molar-refractivity contribution is 5.32. The number of hydrogen-bond donors (Lipinski definition) is 1. The van der Waals surface area contributed by atoms with Crippen LogP contribution in [0.1, 0.15) is 37.9 Å². The minimum absolute atomic E-state index is 0.396. The first kappa shape index (κ1) is 9.99. The first-order valence-corrected chi connectivity index (χ1v) is 4.49. The average molecular weight is 181 g/mol. The van der Waals surface area contributed by atoms with Gasteiger partial charge in [-0.05, 0) is 24.0 Å². The molecular weight excluding hydrogens is 166 g/mol. The van der Waals surface area contributed by atoms with E-state index >= 15 is 0 Å². The van der Waals surface area contributed by atoms with Gasteiger partial charge in [-0.3, -0.25) is 4.98 Å². The Hall–Kier alpha value is -1.09. The summed E-state index contributed by atoms with van der Waals surface area (Å²) >= 11 is 0. The fourth-order valence-corrected chi connectivity index (χ4v) is 1.15. The lowest BCUT2D eigenvalue weighted by atomic mass is 10.0. The molecule has 3 heteroatoms. The van der Waals surface area contributed by atoms with Gasteiger partial charge in [-0.25, -0.2) is 5.26 Å². The molecule has 0 aromatic carbocycles. The largest absolute Gasteiger partial charge is 0.338 e. The van der Waals surface area contributed by atoms with Crippen LogP contribution in [0.4, 0.5) is 0 Å². The zero-order chi connectivity index (χ0) is 9.84. The van der Waals surface area contributed by atoms with E-state index in [1.807, 2.05) is 19.2 Å². The fraction of sp³-hybridized carbons (Fsp3) is 0.500. The molecule has 13 heavy (non-hydrogen) atoms. The summed E-state index contributed by atoms with van der Waals surface area (Å²) in [6.45, 7) is 6.12. The van der Waals surface area contributed by atoms with Crippen LogP contribution in [-0.2, 0) is 6.42 Å². The standard InChI is InChI=1S/C10H15NO2/c1-4-9-10(13-12)5-8(6-11-9)7(2)3/h5-7,12H,4H2,1-3H3. The third kappa shape index (κ3) is 2.18. The maximum atomic E-state index is 8.62. The minimum atomic E-state index is 0.396. The molecule has 0 fully saturated rings. The van der Waals surface area contributed by atoms with E-state index in [2.05, 4.69) is 23.7 Å². The summed E-state index contributed by atoms with van der Waals surface area (Å²) in [7, 11) is 0. The highest BCUT2D eigenvalue weighted by atomic mass is 17.1. The molecule has 0 amide bonds. The molecule has 0 spiro atoms. The second-order valence-electron chi connectivity index (χ2n) is 3.31. The Morgan fingerprint density at radius 2 is 2.23 bits per heavy atom. The van der Waals surface area contributed by atoms with E-state index in [9.17, 15) is 0 Å². The lowest BCUT2D eigenvalue weighted by molar-refractivity contribution is -0.138. The monoisotopic (exact) mass is 181 g/mol. The van der Waals surface area contributed by atoms with Gasteiger partial charge in [0.1, 0.15) is 0 Å². The Morgan fingerprint density at radius 1 is 1.54 bits per heavy atom. The van der Waals surface area contributed by atoms with Crippen molar-refractivity contribution in [1.29, 1.82) is 0 Å². The zero-order valence-corrected chi connectivity index (χ0v) is 8.24. The van der Waals surface area contributed by atoms with Crippen molar-refractivity contribution in [3.63, 3.8) is 0 Å². The van der Waals surface area contributed by atoms with Gasteiger partial charge in [-0.1, -0.05) is 20.8 Å². The molecule has 72 valence electrons. The molecule has 1 aromatic rings. The van der Waals surface area contributed by atoms with Crippen LogP contribution >= 0.6 is 0 Å². The van der Waals surface area contributed by atoms with E-state index < -0.39 is 0 Å². The van der Waals surface area contributed by atoms with Gasteiger partial charge < -0.3 is 4.89 Å². The van der Waals surface area contributed by atoms with Crippen LogP contribution in [0.3, 0.4) is 0 Å². The average Bonchev–Trinajstić information content (AvgIpc) is 2.16. The van der Waals surface area contributed by atoms with E-state index in [1.54, 1.807) is 0 Å². The molecular formula is C10H15NO2. The number of aryl methyl sites for hydroxylation is 1. The van der Waals surface area contributed by atoms with Gasteiger partial charge >= 0.3 is 0 Å². The smallest absolute Gasteiger partial charge is 0.186 e. The summed E-state index contributed by atoms with van der Waals surface area (Å²) in [4.78, 5) is 8.47. The number of rotatable bonds is 3. The normalized spacial score (nSPS) is 10.5. The molecule has 0 radical (unpaired) electrons. The molecule has 0 saturated carbocycles. The lowest BCUT2D eigenvalue weighted by Crippen LogP contribution is -1.98. The number of nitrogens with zero attached hydrogens (tertiary/aromatic N) is 1. The van der Waals surface area contributed by atoms with Crippen LogP contribution in [0.25, 0.3) is 0 Å². The van der Waals surface area contributed by atoms with Gasteiger partial charge in [0, 0.05) is 6.20 Å². The zero-order valence-electron chi connectivity index (χ0n) is 8.24. The first-order chi connectivity index (χ1) is 6.19. The predicted molar refractivity (Wildman–Crippen MR) is 51.0 cm³/mol. The second kappa shape index (κ2) is 4.23. The van der Waals surface area contributed by atoms with E-state index in [1.165, 1.54) is 0 Å². The van der Waals surface area contributed by atoms with Gasteiger partial charge in [0.2, 0.25) is 0 Å². The Balaban J connectivity index is 3.05. The van der Waals surface area contributed by atoms with E-state index in [0.717, 1.165) is 17.7 Å². The van der Waals surface area contributed by atoms with Gasteiger partial charge in [0.05, 0.1) is 5.69 Å². The Labute approximate surface area is 78.3 Å². The molecule has 0 saturated heterocycles. The van der Waals surface area contributed by atoms with Crippen LogP contribution in [-0.4, -0.2) is 10.2 Å². The van der Waals surface area contributed by atoms with Gasteiger partial charge in [0.25, 0.3) is 0 Å². The molecule has 1 rings (SSSR count). The minimum Gasteiger partial charge on any atom is -0.338 e. The van der Waals surface area contributed by atoms with Gasteiger partial charge in [-0.15, -0.1) is 0 Å². The van der Waals surface area contributed by atoms with Gasteiger partial charge in [-0.2, -0.15) is 0 Å². The van der Waals surface area contributed by atoms with Crippen LogP contribution in [0, 0.1) is 0 Å². The lowest BCUT2D eigenvalue weighted by Gasteiger charge is -2.08. The Morgan fingerprint density at radius 3 is 2.69 bits per heavy atom. The highest BCUT2D eigenvalue weighted by Crippen LogP contribution is 2.22. The van der Waals surface area contributed by atoms with E-state index in [-0.39, 0.29) is 0 Å². The van der Waals surface area contributed by atoms with Crippen molar-refractivity contribution < 1.29 is 10.1 Å². The maximum absolute atomic E-state index is 8.62. The first-order valence-electron chi connectivity index (χ1n) is 4.49. The van der Waals surface area contributed by atoms with Crippen molar-refractivity contribution in [2.75, 3.05) is 0 Å². The topological polar surface area (TPSA) is 42.4 Å². The van der Waals surface area contributed by atoms with E-state index in [0.29, 0.717) is 11.7 Å². The molecule has 1 aromatic heterocycles. The third-order valence-corrected chi connectivity index (χ3v) is 2.05. The molecule has 0 bridgehead atoms. The van der Waals surface area contributed by atoms with Crippen molar-refractivity contribution in [2.24, 2.45) is 0 Å². The second-order valence-corrected chi connectivity index (χ2v) is 3.31. The SMILES string of the molecule is CCc1ncc(C(C)C)cc1OO. The van der Waals surface area contributed by atoms with Crippen molar-refractivity contribution >= 4 is 0 Å². The van der Waals surface area contributed by atoms with Crippen molar-refractivity contribution in [3.8, 4) is 5.75 Å². The van der Waals surface area contributed by atoms with Crippen molar-refractivity contribution in [3.05, 3.63) is 23.5 Å². The molecule has 3 nitrogen and oxygen atoms in total. The third-order valence-electron chi connectivity index (χ3n) is 2.05. The summed E-state index contributed by atoms with van der Waals surface area (Å²) in [5.41, 5.74) is 1.85. The summed E-state index contributed by atoms with van der Waals surface area (Å²) in [5, 5.41) is 8.62. The van der Waals surface area contributed by atoms with Crippen LogP contribution in [0.2, 0.25) is 0 Å². The van der Waals surface area contributed by atoms with Crippen molar-refractivity contribution in [1.82, 2.24) is 4.98 Å². The van der Waals surface area contributed by atoms with Crippen LogP contribution in [0.5, 0.6) is 5.75 Å². The van der Waals surface area contributed by atoms with Crippen LogP contribution in [0.15, 0.2) is 12.3 Å². The maximum Gasteiger partial charge on any atom is 0.186 e. The molecule has 0 unspecified atom stereocenters. The summed E-state index contributed by atoms with van der Waals surface area (Å²) in [6, 6.07) is 1.83. The molecule has 1 heterocycles. The number of hydrogen-bond acceptors (Lipinski definition) is 3. The van der Waals surface area contributed by atoms with Gasteiger partial charge in [0.15, 0.2) is 5.75 Å². The van der Waals surface area contributed by atoms with Crippen molar-refractivity contribution in [2.45, 2.75) is 33.1 Å². The summed E-state index contributed by atoms with van der Waals surface area (Å²) in [6.07, 6.45) is 2.58. The Bertz CT molecular complexity index is 284. The summed E-state index contributed by atoms with van der Waals surface area (Å²) < 4.78 is 0. The summed E-state index contributed by atoms with van der Waals surface area (Å²) in [5.74, 6) is 0.862. The quantitative estimate of drug-likeness (QED) is 0.575. The number of aromatic nitrogens is 1. The molecule has 0 aliphatic heterocycles. The molecule has 0 aliphatic carbocycles. The molecule has 0 atom stereocenters.